The Morgan fingerprint density at radius 1 is 1.48 bits per heavy atom. The molecule has 0 aromatic carbocycles. The van der Waals surface area contributed by atoms with Gasteiger partial charge in [0.2, 0.25) is 0 Å². The van der Waals surface area contributed by atoms with Gasteiger partial charge in [-0.25, -0.2) is 9.78 Å². The second-order valence-electron chi connectivity index (χ2n) is 3.96. The molecule has 2 rings (SSSR count). The maximum Gasteiger partial charge on any atom is 0.341 e. The van der Waals surface area contributed by atoms with Crippen LogP contribution in [0.2, 0.25) is 0 Å². The van der Waals surface area contributed by atoms with Crippen LogP contribution in [0.3, 0.4) is 0 Å². The molecule has 0 N–H and O–H groups in total. The molecule has 0 fully saturated rings. The number of esters is 1. The van der Waals surface area contributed by atoms with Crippen LogP contribution in [0, 0.1) is 6.92 Å². The summed E-state index contributed by atoms with van der Waals surface area (Å²) in [6, 6.07) is 2.83. The number of nitrogens with zero attached hydrogens (tertiary/aromatic N) is 3. The molecule has 0 spiro atoms. The fourth-order valence-electron chi connectivity index (χ4n) is 1.48. The molecule has 112 valence electrons. The third-order valence-corrected chi connectivity index (χ3v) is 3.09. The van der Waals surface area contributed by atoms with E-state index < -0.39 is 17.8 Å². The quantitative estimate of drug-likeness (QED) is 0.620. The highest BCUT2D eigenvalue weighted by Crippen LogP contribution is 2.27. The van der Waals surface area contributed by atoms with Crippen LogP contribution in [-0.4, -0.2) is 26.9 Å². The highest BCUT2D eigenvalue weighted by Gasteiger charge is 2.22. The van der Waals surface area contributed by atoms with Crippen LogP contribution >= 0.6 is 11.8 Å². The molecule has 0 bridgehead atoms. The van der Waals surface area contributed by atoms with Crippen LogP contribution in [0.5, 0.6) is 0 Å². The number of aromatic nitrogens is 3. The first-order valence-electron chi connectivity index (χ1n) is 5.88. The number of ether oxygens (including phenoxy) is 1. The van der Waals surface area contributed by atoms with Crippen LogP contribution in [0.25, 0.3) is 0 Å². The second kappa shape index (κ2) is 6.61. The summed E-state index contributed by atoms with van der Waals surface area (Å²) < 4.78 is 34.9. The van der Waals surface area contributed by atoms with E-state index >= 15 is 0 Å². The smallest absolute Gasteiger partial charge is 0.341 e. The number of halogens is 2. The topological polar surface area (TPSA) is 78.1 Å². The maximum atomic E-state index is 12.4. The van der Waals surface area contributed by atoms with Gasteiger partial charge in [-0.3, -0.25) is 0 Å². The summed E-state index contributed by atoms with van der Waals surface area (Å²) in [7, 11) is 0. The number of rotatable bonds is 5. The Bertz CT molecular complexity index is 636. The van der Waals surface area contributed by atoms with E-state index in [4.69, 9.17) is 9.26 Å². The van der Waals surface area contributed by atoms with Gasteiger partial charge < -0.3 is 9.26 Å². The lowest BCUT2D eigenvalue weighted by atomic mass is 10.3. The SMILES string of the molecule is Cc1noc(C(C)OC(=O)c2cccnc2SC(F)F)n1. The van der Waals surface area contributed by atoms with E-state index in [0.29, 0.717) is 5.82 Å². The van der Waals surface area contributed by atoms with Crippen molar-refractivity contribution >= 4 is 17.7 Å². The van der Waals surface area contributed by atoms with E-state index in [-0.39, 0.29) is 28.2 Å². The fraction of sp³-hybridized carbons (Fsp3) is 0.333. The molecule has 0 radical (unpaired) electrons. The molecule has 1 atom stereocenters. The number of hydrogen-bond donors (Lipinski definition) is 0. The number of aryl methyl sites for hydroxylation is 1. The Labute approximate surface area is 122 Å². The van der Waals surface area contributed by atoms with E-state index in [2.05, 4.69) is 15.1 Å². The molecule has 0 aliphatic carbocycles. The van der Waals surface area contributed by atoms with Gasteiger partial charge in [-0.2, -0.15) is 13.8 Å². The van der Waals surface area contributed by atoms with Crippen LogP contribution in [0.1, 0.15) is 35.1 Å². The summed E-state index contributed by atoms with van der Waals surface area (Å²) in [5.74, 6) is -2.92. The van der Waals surface area contributed by atoms with E-state index in [0.717, 1.165) is 0 Å². The lowest BCUT2D eigenvalue weighted by Crippen LogP contribution is -2.11. The lowest BCUT2D eigenvalue weighted by Gasteiger charge is -2.11. The van der Waals surface area contributed by atoms with E-state index in [1.54, 1.807) is 13.8 Å². The van der Waals surface area contributed by atoms with Gasteiger partial charge in [0, 0.05) is 6.20 Å². The molecule has 0 aliphatic rings. The molecule has 9 heteroatoms. The Kier molecular flexibility index (Phi) is 4.84. The van der Waals surface area contributed by atoms with Crippen molar-refractivity contribution in [2.24, 2.45) is 0 Å². The molecule has 1 unspecified atom stereocenters. The van der Waals surface area contributed by atoms with Crippen LogP contribution in [-0.2, 0) is 4.74 Å². The number of pyridine rings is 1. The summed E-state index contributed by atoms with van der Waals surface area (Å²) in [6.45, 7) is 3.17. The first-order valence-corrected chi connectivity index (χ1v) is 6.76. The van der Waals surface area contributed by atoms with E-state index in [1.807, 2.05) is 0 Å². The van der Waals surface area contributed by atoms with Gasteiger partial charge in [0.25, 0.3) is 11.6 Å². The largest absolute Gasteiger partial charge is 0.449 e. The van der Waals surface area contributed by atoms with Crippen molar-refractivity contribution in [2.45, 2.75) is 30.7 Å². The summed E-state index contributed by atoms with van der Waals surface area (Å²) in [5.41, 5.74) is -0.0362. The molecule has 2 aromatic heterocycles. The monoisotopic (exact) mass is 315 g/mol. The Balaban J connectivity index is 2.13. The maximum absolute atomic E-state index is 12.4. The number of carbonyl (C=O) groups excluding carboxylic acids is 1. The molecule has 2 heterocycles. The molecule has 0 amide bonds. The Hall–Kier alpha value is -2.03. The summed E-state index contributed by atoms with van der Waals surface area (Å²) in [4.78, 5) is 19.7. The van der Waals surface area contributed by atoms with Crippen molar-refractivity contribution in [1.82, 2.24) is 15.1 Å². The van der Waals surface area contributed by atoms with Crippen molar-refractivity contribution in [3.8, 4) is 0 Å². The average molecular weight is 315 g/mol. The minimum Gasteiger partial charge on any atom is -0.449 e. The zero-order valence-corrected chi connectivity index (χ0v) is 11.9. The first kappa shape index (κ1) is 15.4. The van der Waals surface area contributed by atoms with E-state index in [1.165, 1.54) is 18.3 Å². The van der Waals surface area contributed by atoms with Crippen LogP contribution in [0.15, 0.2) is 27.9 Å². The van der Waals surface area contributed by atoms with Gasteiger partial charge in [0.1, 0.15) is 5.03 Å². The van der Waals surface area contributed by atoms with Crippen LogP contribution in [0.4, 0.5) is 8.78 Å². The molecule has 6 nitrogen and oxygen atoms in total. The number of hydrogen-bond acceptors (Lipinski definition) is 7. The van der Waals surface area contributed by atoms with Gasteiger partial charge in [0.05, 0.1) is 5.56 Å². The van der Waals surface area contributed by atoms with E-state index in [9.17, 15) is 13.6 Å². The third-order valence-electron chi connectivity index (χ3n) is 2.37. The third kappa shape index (κ3) is 3.97. The van der Waals surface area contributed by atoms with Gasteiger partial charge in [-0.05, 0) is 37.7 Å². The van der Waals surface area contributed by atoms with Crippen molar-refractivity contribution in [3.63, 3.8) is 0 Å². The van der Waals surface area contributed by atoms with Gasteiger partial charge in [-0.15, -0.1) is 0 Å². The first-order chi connectivity index (χ1) is 9.97. The number of alkyl halides is 2. The summed E-state index contributed by atoms with van der Waals surface area (Å²) in [5, 5.41) is 3.49. The number of carbonyl (C=O) groups is 1. The second-order valence-corrected chi connectivity index (χ2v) is 4.94. The zero-order valence-electron chi connectivity index (χ0n) is 11.1. The molecule has 0 aliphatic heterocycles. The van der Waals surface area contributed by atoms with Gasteiger partial charge in [-0.1, -0.05) is 5.16 Å². The molecular formula is C12H11F2N3O3S. The van der Waals surface area contributed by atoms with Gasteiger partial charge in [0.15, 0.2) is 11.9 Å². The molecule has 0 saturated carbocycles. The molecular weight excluding hydrogens is 304 g/mol. The van der Waals surface area contributed by atoms with Crippen molar-refractivity contribution < 1.29 is 22.8 Å². The predicted octanol–water partition coefficient (Wildman–Crippen LogP) is 3.01. The molecule has 21 heavy (non-hydrogen) atoms. The highest BCUT2D eigenvalue weighted by atomic mass is 32.2. The molecule has 2 aromatic rings. The molecule has 0 saturated heterocycles. The fourth-order valence-corrected chi connectivity index (χ4v) is 2.05. The standard InChI is InChI=1S/C12H11F2N3O3S/c1-6(9-16-7(2)17-20-9)19-11(18)8-4-3-5-15-10(8)21-12(13)14/h3-6,12H,1-2H3. The average Bonchev–Trinajstić information content (AvgIpc) is 2.85. The van der Waals surface area contributed by atoms with Crippen molar-refractivity contribution in [3.05, 3.63) is 35.6 Å². The zero-order chi connectivity index (χ0) is 15.4. The summed E-state index contributed by atoms with van der Waals surface area (Å²) in [6.07, 6.45) is 0.537. The van der Waals surface area contributed by atoms with Gasteiger partial charge >= 0.3 is 5.97 Å². The predicted molar refractivity (Wildman–Crippen MR) is 69.0 cm³/mol. The number of thioether (sulfide) groups is 1. The Morgan fingerprint density at radius 3 is 2.86 bits per heavy atom. The summed E-state index contributed by atoms with van der Waals surface area (Å²) >= 11 is 0.184. The van der Waals surface area contributed by atoms with Crippen molar-refractivity contribution in [2.75, 3.05) is 0 Å². The Morgan fingerprint density at radius 2 is 2.24 bits per heavy atom. The highest BCUT2D eigenvalue weighted by molar-refractivity contribution is 7.99. The normalized spacial score (nSPS) is 12.4. The van der Waals surface area contributed by atoms with Crippen molar-refractivity contribution in [1.29, 1.82) is 0 Å². The lowest BCUT2D eigenvalue weighted by molar-refractivity contribution is 0.0260. The van der Waals surface area contributed by atoms with Crippen LogP contribution < -0.4 is 0 Å². The minimum atomic E-state index is -2.68. The minimum absolute atomic E-state index is 0.0362.